The van der Waals surface area contributed by atoms with Gasteiger partial charge >= 0.3 is 5.97 Å². The second kappa shape index (κ2) is 7.65. The molecule has 0 bridgehead atoms. The first-order valence-corrected chi connectivity index (χ1v) is 8.56. The van der Waals surface area contributed by atoms with Gasteiger partial charge in [-0.25, -0.2) is 0 Å². The Kier molecular flexibility index (Phi) is 5.33. The van der Waals surface area contributed by atoms with Crippen molar-refractivity contribution >= 4 is 23.5 Å². The first-order valence-electron chi connectivity index (χ1n) is 8.56. The molecule has 1 aromatic carbocycles. The molecule has 7 heteroatoms. The first-order chi connectivity index (χ1) is 12.0. The number of morpholine rings is 1. The molecule has 25 heavy (non-hydrogen) atoms. The Morgan fingerprint density at radius 2 is 1.92 bits per heavy atom. The number of carboxylic acid groups (broad SMARTS) is 1. The summed E-state index contributed by atoms with van der Waals surface area (Å²) in [6.07, 6.45) is 2.83. The van der Waals surface area contributed by atoms with Gasteiger partial charge in [-0.05, 0) is 37.1 Å². The van der Waals surface area contributed by atoms with E-state index in [1.54, 1.807) is 29.2 Å². The number of carbonyl (C=O) groups excluding carboxylic acids is 2. The average Bonchev–Trinajstić information content (AvgIpc) is 2.53. The van der Waals surface area contributed by atoms with Gasteiger partial charge in [-0.1, -0.05) is 6.42 Å². The third kappa shape index (κ3) is 4.17. The molecule has 2 fully saturated rings. The molecule has 1 heterocycles. The standard InChI is InChI=1S/C18H22N2O5/c21-16(22)10-15-11-25-9-8-20(15)18(24)13-4-6-14(7-5-13)19-17(23)12-2-1-3-12/h4-7,12,15H,1-3,8-11H2,(H,19,23)(H,21,22)/t15-/m0/s1. The molecule has 134 valence electrons. The number of amides is 2. The monoisotopic (exact) mass is 346 g/mol. The van der Waals surface area contributed by atoms with Gasteiger partial charge in [-0.15, -0.1) is 0 Å². The second-order valence-electron chi connectivity index (χ2n) is 6.52. The number of carboxylic acids is 1. The molecule has 2 aliphatic rings. The van der Waals surface area contributed by atoms with E-state index in [1.165, 1.54) is 0 Å². The van der Waals surface area contributed by atoms with Gasteiger partial charge in [-0.2, -0.15) is 0 Å². The van der Waals surface area contributed by atoms with Gasteiger partial charge in [0.15, 0.2) is 0 Å². The van der Waals surface area contributed by atoms with Crippen LogP contribution in [0.2, 0.25) is 0 Å². The lowest BCUT2D eigenvalue weighted by Crippen LogP contribution is -2.49. The fourth-order valence-corrected chi connectivity index (χ4v) is 3.07. The van der Waals surface area contributed by atoms with Crippen molar-refractivity contribution in [1.29, 1.82) is 0 Å². The zero-order valence-corrected chi connectivity index (χ0v) is 13.9. The van der Waals surface area contributed by atoms with E-state index in [0.29, 0.717) is 24.4 Å². The maximum Gasteiger partial charge on any atom is 0.305 e. The van der Waals surface area contributed by atoms with Crippen LogP contribution in [0.3, 0.4) is 0 Å². The van der Waals surface area contributed by atoms with Crippen molar-refractivity contribution in [2.75, 3.05) is 25.1 Å². The number of benzene rings is 1. The molecule has 1 atom stereocenters. The second-order valence-corrected chi connectivity index (χ2v) is 6.52. The maximum absolute atomic E-state index is 12.7. The third-order valence-electron chi connectivity index (χ3n) is 4.77. The van der Waals surface area contributed by atoms with E-state index in [-0.39, 0.29) is 30.8 Å². The van der Waals surface area contributed by atoms with E-state index in [2.05, 4.69) is 5.32 Å². The quantitative estimate of drug-likeness (QED) is 0.847. The van der Waals surface area contributed by atoms with E-state index in [4.69, 9.17) is 9.84 Å². The lowest BCUT2D eigenvalue weighted by Gasteiger charge is -2.34. The smallest absolute Gasteiger partial charge is 0.305 e. The molecule has 7 nitrogen and oxygen atoms in total. The molecule has 0 spiro atoms. The Hall–Kier alpha value is -2.41. The highest BCUT2D eigenvalue weighted by Gasteiger charge is 2.30. The molecule has 1 saturated heterocycles. The molecular weight excluding hydrogens is 324 g/mol. The van der Waals surface area contributed by atoms with Crippen molar-refractivity contribution in [2.45, 2.75) is 31.7 Å². The van der Waals surface area contributed by atoms with Crippen LogP contribution in [0.15, 0.2) is 24.3 Å². The van der Waals surface area contributed by atoms with Gasteiger partial charge in [0.25, 0.3) is 5.91 Å². The van der Waals surface area contributed by atoms with E-state index in [0.717, 1.165) is 19.3 Å². The number of hydrogen-bond donors (Lipinski definition) is 2. The van der Waals surface area contributed by atoms with Crippen LogP contribution >= 0.6 is 0 Å². The lowest BCUT2D eigenvalue weighted by atomic mass is 9.85. The molecule has 1 aliphatic carbocycles. The minimum atomic E-state index is -0.956. The highest BCUT2D eigenvalue weighted by Crippen LogP contribution is 2.27. The first kappa shape index (κ1) is 17.4. The predicted octanol–water partition coefficient (Wildman–Crippen LogP) is 1.74. The Bertz CT molecular complexity index is 654. The Balaban J connectivity index is 1.64. The average molecular weight is 346 g/mol. The number of aliphatic carboxylic acids is 1. The van der Waals surface area contributed by atoms with Crippen molar-refractivity contribution in [3.05, 3.63) is 29.8 Å². The number of rotatable bonds is 5. The summed E-state index contributed by atoms with van der Waals surface area (Å²) in [5.41, 5.74) is 1.14. The van der Waals surface area contributed by atoms with Crippen molar-refractivity contribution in [3.63, 3.8) is 0 Å². The molecular formula is C18H22N2O5. The fourth-order valence-electron chi connectivity index (χ4n) is 3.07. The van der Waals surface area contributed by atoms with Crippen LogP contribution in [-0.2, 0) is 14.3 Å². The summed E-state index contributed by atoms with van der Waals surface area (Å²) in [5, 5.41) is 11.9. The van der Waals surface area contributed by atoms with Crippen molar-refractivity contribution in [3.8, 4) is 0 Å². The van der Waals surface area contributed by atoms with Crippen LogP contribution in [0.5, 0.6) is 0 Å². The van der Waals surface area contributed by atoms with Gasteiger partial charge in [0.05, 0.1) is 25.7 Å². The van der Waals surface area contributed by atoms with Crippen molar-refractivity contribution in [1.82, 2.24) is 4.90 Å². The number of nitrogens with zero attached hydrogens (tertiary/aromatic N) is 1. The highest BCUT2D eigenvalue weighted by atomic mass is 16.5. The van der Waals surface area contributed by atoms with Crippen LogP contribution in [0.25, 0.3) is 0 Å². The van der Waals surface area contributed by atoms with E-state index in [9.17, 15) is 14.4 Å². The van der Waals surface area contributed by atoms with Crippen molar-refractivity contribution in [2.24, 2.45) is 5.92 Å². The molecule has 1 aliphatic heterocycles. The van der Waals surface area contributed by atoms with Gasteiger partial charge in [-0.3, -0.25) is 14.4 Å². The van der Waals surface area contributed by atoms with Crippen LogP contribution in [0, 0.1) is 5.92 Å². The summed E-state index contributed by atoms with van der Waals surface area (Å²) >= 11 is 0. The third-order valence-corrected chi connectivity index (χ3v) is 4.77. The zero-order chi connectivity index (χ0) is 17.8. The predicted molar refractivity (Wildman–Crippen MR) is 90.3 cm³/mol. The van der Waals surface area contributed by atoms with Crippen LogP contribution in [0.4, 0.5) is 5.69 Å². The number of carbonyl (C=O) groups is 3. The van der Waals surface area contributed by atoms with Gasteiger partial charge in [0, 0.05) is 23.7 Å². The summed E-state index contributed by atoms with van der Waals surface area (Å²) in [6, 6.07) is 6.27. The summed E-state index contributed by atoms with van der Waals surface area (Å²) < 4.78 is 5.30. The number of ether oxygens (including phenoxy) is 1. The molecule has 0 radical (unpaired) electrons. The number of anilines is 1. The maximum atomic E-state index is 12.7. The minimum absolute atomic E-state index is 0.0278. The lowest BCUT2D eigenvalue weighted by molar-refractivity contribution is -0.139. The van der Waals surface area contributed by atoms with E-state index >= 15 is 0 Å². The molecule has 0 unspecified atom stereocenters. The number of hydrogen-bond acceptors (Lipinski definition) is 4. The van der Waals surface area contributed by atoms with E-state index in [1.807, 2.05) is 0 Å². The van der Waals surface area contributed by atoms with Crippen molar-refractivity contribution < 1.29 is 24.2 Å². The van der Waals surface area contributed by atoms with Gasteiger partial charge in [0.2, 0.25) is 5.91 Å². The topological polar surface area (TPSA) is 95.9 Å². The molecule has 2 N–H and O–H groups in total. The van der Waals surface area contributed by atoms with Gasteiger partial charge < -0.3 is 20.1 Å². The summed E-state index contributed by atoms with van der Waals surface area (Å²) in [7, 11) is 0. The molecule has 1 saturated carbocycles. The van der Waals surface area contributed by atoms with Crippen LogP contribution in [-0.4, -0.2) is 53.6 Å². The molecule has 0 aromatic heterocycles. The zero-order valence-electron chi connectivity index (χ0n) is 13.9. The normalized spacial score (nSPS) is 20.6. The summed E-state index contributed by atoms with van der Waals surface area (Å²) in [5.74, 6) is -1.04. The highest BCUT2D eigenvalue weighted by molar-refractivity contribution is 5.96. The Labute approximate surface area is 146 Å². The summed E-state index contributed by atoms with van der Waals surface area (Å²) in [6.45, 7) is 1.00. The summed E-state index contributed by atoms with van der Waals surface area (Å²) in [4.78, 5) is 37.2. The fraction of sp³-hybridized carbons (Fsp3) is 0.500. The Morgan fingerprint density at radius 1 is 1.20 bits per heavy atom. The largest absolute Gasteiger partial charge is 0.481 e. The number of nitrogens with one attached hydrogen (secondary N) is 1. The molecule has 3 rings (SSSR count). The molecule has 1 aromatic rings. The van der Waals surface area contributed by atoms with Crippen LogP contribution < -0.4 is 5.32 Å². The molecule has 2 amide bonds. The Morgan fingerprint density at radius 3 is 2.52 bits per heavy atom. The SMILES string of the molecule is O=C(O)C[C@H]1COCCN1C(=O)c1ccc(NC(=O)C2CCC2)cc1. The van der Waals surface area contributed by atoms with Gasteiger partial charge in [0.1, 0.15) is 0 Å². The van der Waals surface area contributed by atoms with Crippen LogP contribution in [0.1, 0.15) is 36.0 Å². The van der Waals surface area contributed by atoms with E-state index < -0.39 is 12.0 Å². The minimum Gasteiger partial charge on any atom is -0.481 e.